The molecular weight excluding hydrogens is 344 g/mol. The average Bonchev–Trinajstić information content (AvgIpc) is 3.25. The van der Waals surface area contributed by atoms with Gasteiger partial charge in [0.25, 0.3) is 5.56 Å². The highest BCUT2D eigenvalue weighted by molar-refractivity contribution is 8.00. The average molecular weight is 358 g/mol. The van der Waals surface area contributed by atoms with Crippen LogP contribution in [0.1, 0.15) is 16.3 Å². The Kier molecular flexibility index (Phi) is 3.73. The van der Waals surface area contributed by atoms with Gasteiger partial charge in [-0.1, -0.05) is 35.2 Å². The molecule has 0 spiro atoms. The molecule has 3 aromatic heterocycles. The lowest BCUT2D eigenvalue weighted by Gasteiger charge is -1.97. The zero-order valence-corrected chi connectivity index (χ0v) is 14.7. The van der Waals surface area contributed by atoms with Gasteiger partial charge in [-0.3, -0.25) is 9.89 Å². The molecule has 4 aromatic rings. The van der Waals surface area contributed by atoms with Crippen LogP contribution >= 0.6 is 23.1 Å². The van der Waals surface area contributed by atoms with E-state index < -0.39 is 0 Å². The van der Waals surface area contributed by atoms with Crippen molar-refractivity contribution in [3.63, 3.8) is 0 Å². The lowest BCUT2D eigenvalue weighted by molar-refractivity contribution is 0.789. The third-order valence-electron chi connectivity index (χ3n) is 3.66. The number of hydrogen-bond donors (Lipinski definition) is 2. The number of nitrogens with one attached hydrogen (secondary N) is 2. The minimum Gasteiger partial charge on any atom is -0.322 e. The number of hydrogen-bond acceptors (Lipinski definition) is 6. The van der Waals surface area contributed by atoms with Gasteiger partial charge in [-0.05, 0) is 26.0 Å². The Bertz CT molecular complexity index is 1040. The van der Waals surface area contributed by atoms with E-state index in [0.29, 0.717) is 17.3 Å². The molecule has 2 N–H and O–H groups in total. The summed E-state index contributed by atoms with van der Waals surface area (Å²) in [5.41, 5.74) is 3.17. The van der Waals surface area contributed by atoms with Crippen LogP contribution < -0.4 is 5.56 Å². The van der Waals surface area contributed by atoms with E-state index in [-0.39, 0.29) is 5.56 Å². The molecule has 0 aliphatic rings. The minimum atomic E-state index is -0.0990. The van der Waals surface area contributed by atoms with Crippen molar-refractivity contribution in [3.05, 3.63) is 50.9 Å². The molecule has 0 atom stereocenters. The molecule has 7 nitrogen and oxygen atoms in total. The van der Waals surface area contributed by atoms with E-state index in [0.717, 1.165) is 26.1 Å². The van der Waals surface area contributed by atoms with E-state index in [2.05, 4.69) is 25.3 Å². The highest BCUT2D eigenvalue weighted by atomic mass is 32.2. The zero-order chi connectivity index (χ0) is 16.7. The van der Waals surface area contributed by atoms with E-state index in [9.17, 15) is 4.79 Å². The van der Waals surface area contributed by atoms with Gasteiger partial charge in [0.1, 0.15) is 5.01 Å². The second kappa shape index (κ2) is 5.91. The third kappa shape index (κ3) is 2.65. The molecule has 0 saturated heterocycles. The van der Waals surface area contributed by atoms with Crippen LogP contribution in [0.15, 0.2) is 33.4 Å². The second-order valence-corrected chi connectivity index (χ2v) is 7.71. The standard InChI is InChI=1S/C15H14N6OS2/c1-8-12(7-23-15-19-18-9(2)24-15)20-21(13(8)22)14-16-10-5-3-4-6-11(10)17-14/h3-6,20H,7H2,1-2H3,(H,16,17). The fourth-order valence-corrected chi connectivity index (χ4v) is 4.21. The van der Waals surface area contributed by atoms with Crippen LogP contribution in [0.5, 0.6) is 0 Å². The number of thioether (sulfide) groups is 1. The number of para-hydroxylation sites is 2. The van der Waals surface area contributed by atoms with Crippen LogP contribution in [0.25, 0.3) is 17.0 Å². The molecular formula is C15H14N6OS2. The fraction of sp³-hybridized carbons (Fsp3) is 0.200. The number of benzene rings is 1. The van der Waals surface area contributed by atoms with Crippen LogP contribution in [-0.4, -0.2) is 29.9 Å². The first-order chi connectivity index (χ1) is 11.6. The Balaban J connectivity index is 1.66. The molecule has 1 aromatic carbocycles. The van der Waals surface area contributed by atoms with E-state index in [4.69, 9.17) is 0 Å². The molecule has 122 valence electrons. The van der Waals surface area contributed by atoms with E-state index in [1.165, 1.54) is 4.68 Å². The minimum absolute atomic E-state index is 0.0990. The van der Waals surface area contributed by atoms with Gasteiger partial charge in [0.05, 0.1) is 16.7 Å². The van der Waals surface area contributed by atoms with Gasteiger partial charge in [-0.15, -0.1) is 10.2 Å². The topological polar surface area (TPSA) is 92.2 Å². The molecule has 24 heavy (non-hydrogen) atoms. The molecule has 0 bridgehead atoms. The molecule has 4 rings (SSSR count). The van der Waals surface area contributed by atoms with Gasteiger partial charge >= 0.3 is 0 Å². The number of H-pyrrole nitrogens is 2. The molecule has 0 amide bonds. The van der Waals surface area contributed by atoms with Gasteiger partial charge < -0.3 is 4.98 Å². The highest BCUT2D eigenvalue weighted by Crippen LogP contribution is 2.25. The summed E-state index contributed by atoms with van der Waals surface area (Å²) in [5.74, 6) is 1.12. The number of imidazole rings is 1. The summed E-state index contributed by atoms with van der Waals surface area (Å²) in [6.07, 6.45) is 0. The predicted octanol–water partition coefficient (Wildman–Crippen LogP) is 2.80. The van der Waals surface area contributed by atoms with Gasteiger partial charge in [0, 0.05) is 11.3 Å². The maximum Gasteiger partial charge on any atom is 0.277 e. The predicted molar refractivity (Wildman–Crippen MR) is 95.0 cm³/mol. The Hall–Kier alpha value is -2.39. The summed E-state index contributed by atoms with van der Waals surface area (Å²) in [5, 5.41) is 12.2. The molecule has 0 unspecified atom stereocenters. The smallest absolute Gasteiger partial charge is 0.277 e. The number of nitrogens with zero attached hydrogens (tertiary/aromatic N) is 4. The maximum absolute atomic E-state index is 12.5. The molecule has 0 aliphatic heterocycles. The first-order valence-corrected chi connectivity index (χ1v) is 9.10. The van der Waals surface area contributed by atoms with Gasteiger partial charge in [0.15, 0.2) is 4.34 Å². The van der Waals surface area contributed by atoms with E-state index in [1.54, 1.807) is 23.1 Å². The highest BCUT2D eigenvalue weighted by Gasteiger charge is 2.15. The quantitative estimate of drug-likeness (QED) is 0.547. The summed E-state index contributed by atoms with van der Waals surface area (Å²) in [4.78, 5) is 20.2. The summed E-state index contributed by atoms with van der Waals surface area (Å²) in [7, 11) is 0. The fourth-order valence-electron chi connectivity index (χ4n) is 2.37. The van der Waals surface area contributed by atoms with Gasteiger partial charge in [-0.2, -0.15) is 4.68 Å². The first kappa shape index (κ1) is 15.2. The van der Waals surface area contributed by atoms with Crippen molar-refractivity contribution in [2.45, 2.75) is 23.9 Å². The van der Waals surface area contributed by atoms with Crippen LogP contribution in [0.2, 0.25) is 0 Å². The van der Waals surface area contributed by atoms with Crippen LogP contribution in [0.3, 0.4) is 0 Å². The van der Waals surface area contributed by atoms with E-state index >= 15 is 0 Å². The third-order valence-corrected chi connectivity index (χ3v) is 5.66. The lowest BCUT2D eigenvalue weighted by Crippen LogP contribution is -2.16. The monoisotopic (exact) mass is 358 g/mol. The summed E-state index contributed by atoms with van der Waals surface area (Å²) >= 11 is 3.11. The summed E-state index contributed by atoms with van der Waals surface area (Å²) < 4.78 is 2.35. The molecule has 0 saturated carbocycles. The SMILES string of the molecule is Cc1nnc(SCc2[nH]n(-c3nc4ccccc4[nH]3)c(=O)c2C)s1. The normalized spacial score (nSPS) is 11.4. The van der Waals surface area contributed by atoms with Crippen molar-refractivity contribution in [2.24, 2.45) is 0 Å². The first-order valence-electron chi connectivity index (χ1n) is 7.30. The maximum atomic E-state index is 12.5. The number of aromatic nitrogens is 6. The van der Waals surface area contributed by atoms with Gasteiger partial charge in [-0.25, -0.2) is 4.98 Å². The van der Waals surface area contributed by atoms with Crippen molar-refractivity contribution < 1.29 is 0 Å². The molecule has 0 radical (unpaired) electrons. The van der Waals surface area contributed by atoms with Crippen LogP contribution in [-0.2, 0) is 5.75 Å². The zero-order valence-electron chi connectivity index (χ0n) is 13.0. The molecule has 0 aliphatic carbocycles. The molecule has 9 heteroatoms. The van der Waals surface area contributed by atoms with Crippen molar-refractivity contribution in [1.29, 1.82) is 0 Å². The Morgan fingerprint density at radius 1 is 1.25 bits per heavy atom. The van der Waals surface area contributed by atoms with Crippen molar-refractivity contribution in [1.82, 2.24) is 29.9 Å². The van der Waals surface area contributed by atoms with Crippen LogP contribution in [0.4, 0.5) is 0 Å². The molecule has 0 fully saturated rings. The largest absolute Gasteiger partial charge is 0.322 e. The second-order valence-electron chi connectivity index (χ2n) is 5.31. The van der Waals surface area contributed by atoms with Crippen molar-refractivity contribution in [2.75, 3.05) is 0 Å². The number of fused-ring (bicyclic) bond motifs is 1. The molecule has 3 heterocycles. The number of aromatic amines is 2. The number of rotatable bonds is 4. The van der Waals surface area contributed by atoms with Crippen LogP contribution in [0, 0.1) is 13.8 Å². The van der Waals surface area contributed by atoms with Crippen molar-refractivity contribution in [3.8, 4) is 5.95 Å². The van der Waals surface area contributed by atoms with E-state index in [1.807, 2.05) is 38.1 Å². The Morgan fingerprint density at radius 2 is 2.08 bits per heavy atom. The Labute approximate surface area is 145 Å². The number of aryl methyl sites for hydroxylation is 1. The van der Waals surface area contributed by atoms with Gasteiger partial charge in [0.2, 0.25) is 5.95 Å². The summed E-state index contributed by atoms with van der Waals surface area (Å²) in [6, 6.07) is 7.69. The lowest BCUT2D eigenvalue weighted by atomic mass is 10.3. The Morgan fingerprint density at radius 3 is 2.83 bits per heavy atom. The summed E-state index contributed by atoms with van der Waals surface area (Å²) in [6.45, 7) is 3.74. The van der Waals surface area contributed by atoms with Crippen molar-refractivity contribution >= 4 is 34.1 Å².